The van der Waals surface area contributed by atoms with Gasteiger partial charge in [-0.25, -0.2) is 4.79 Å². The highest BCUT2D eigenvalue weighted by Crippen LogP contribution is 2.41. The van der Waals surface area contributed by atoms with E-state index < -0.39 is 23.7 Å². The van der Waals surface area contributed by atoms with Gasteiger partial charge in [0.25, 0.3) is 0 Å². The summed E-state index contributed by atoms with van der Waals surface area (Å²) in [6.07, 6.45) is -5.62. The fourth-order valence-corrected chi connectivity index (χ4v) is 2.14. The molecule has 0 bridgehead atoms. The van der Waals surface area contributed by atoms with Crippen LogP contribution in [0.15, 0.2) is 0 Å². The molecule has 2 aliphatic rings. The number of halogens is 3. The monoisotopic (exact) mass is 238 g/mol. The quantitative estimate of drug-likeness (QED) is 0.669. The summed E-state index contributed by atoms with van der Waals surface area (Å²) < 4.78 is 36.5. The number of nitrogens with zero attached hydrogens (tertiary/aromatic N) is 2. The van der Waals surface area contributed by atoms with E-state index >= 15 is 0 Å². The maximum atomic E-state index is 12.2. The van der Waals surface area contributed by atoms with Crippen LogP contribution < -0.4 is 0 Å². The molecule has 0 unspecified atom stereocenters. The van der Waals surface area contributed by atoms with Crippen molar-refractivity contribution in [2.45, 2.75) is 18.1 Å². The first-order valence-electron chi connectivity index (χ1n) is 4.63. The Morgan fingerprint density at radius 1 is 1.25 bits per heavy atom. The van der Waals surface area contributed by atoms with E-state index in [1.807, 2.05) is 0 Å². The summed E-state index contributed by atoms with van der Waals surface area (Å²) in [5, 5.41) is 8.57. The molecule has 0 aromatic carbocycles. The smallest absolute Gasteiger partial charge is 0.465 e. The van der Waals surface area contributed by atoms with Crippen molar-refractivity contribution in [1.29, 1.82) is 0 Å². The van der Waals surface area contributed by atoms with Crippen LogP contribution in [0.3, 0.4) is 0 Å². The molecule has 0 atom stereocenters. The van der Waals surface area contributed by atoms with Gasteiger partial charge in [0, 0.05) is 19.6 Å². The molecular formula is C8H9F3N2O3. The summed E-state index contributed by atoms with van der Waals surface area (Å²) in [6.45, 7) is 0.000108. The van der Waals surface area contributed by atoms with Crippen LogP contribution in [0, 0.1) is 0 Å². The molecule has 8 heteroatoms. The predicted molar refractivity (Wildman–Crippen MR) is 44.7 cm³/mol. The van der Waals surface area contributed by atoms with E-state index in [2.05, 4.69) is 0 Å². The summed E-state index contributed by atoms with van der Waals surface area (Å²) in [5.74, 6) is -1.87. The minimum Gasteiger partial charge on any atom is -0.465 e. The SMILES string of the molecule is O=C(O)N1CC2(CCN2C(=O)C(F)(F)F)C1. The number of alkyl halides is 3. The van der Waals surface area contributed by atoms with Gasteiger partial charge < -0.3 is 14.9 Å². The Bertz CT molecular complexity index is 349. The number of hydrogen-bond donors (Lipinski definition) is 1. The van der Waals surface area contributed by atoms with Crippen LogP contribution in [-0.2, 0) is 4.79 Å². The lowest BCUT2D eigenvalue weighted by molar-refractivity contribution is -0.210. The van der Waals surface area contributed by atoms with Gasteiger partial charge in [0.15, 0.2) is 0 Å². The number of rotatable bonds is 0. The Labute approximate surface area is 88.4 Å². The van der Waals surface area contributed by atoms with Crippen LogP contribution in [0.1, 0.15) is 6.42 Å². The first-order chi connectivity index (χ1) is 7.26. The third kappa shape index (κ3) is 1.40. The Hall–Kier alpha value is -1.47. The molecule has 2 aliphatic heterocycles. The topological polar surface area (TPSA) is 60.9 Å². The minimum atomic E-state index is -4.88. The lowest BCUT2D eigenvalue weighted by Crippen LogP contribution is -2.79. The fraction of sp³-hybridized carbons (Fsp3) is 0.750. The maximum Gasteiger partial charge on any atom is 0.471 e. The minimum absolute atomic E-state index is 0.0237. The highest BCUT2D eigenvalue weighted by Gasteiger charge is 2.60. The molecule has 5 nitrogen and oxygen atoms in total. The maximum absolute atomic E-state index is 12.2. The fourth-order valence-electron chi connectivity index (χ4n) is 2.14. The number of carbonyl (C=O) groups excluding carboxylic acids is 1. The molecule has 0 aliphatic carbocycles. The van der Waals surface area contributed by atoms with Crippen LogP contribution >= 0.6 is 0 Å². The van der Waals surface area contributed by atoms with Gasteiger partial charge in [0.05, 0.1) is 5.54 Å². The van der Waals surface area contributed by atoms with Crippen LogP contribution in [0.4, 0.5) is 18.0 Å². The Morgan fingerprint density at radius 2 is 1.81 bits per heavy atom. The van der Waals surface area contributed by atoms with Crippen molar-refractivity contribution in [1.82, 2.24) is 9.80 Å². The second-order valence-electron chi connectivity index (χ2n) is 4.07. The van der Waals surface area contributed by atoms with E-state index in [0.29, 0.717) is 6.42 Å². The molecule has 0 aromatic rings. The van der Waals surface area contributed by atoms with E-state index in [0.717, 1.165) is 9.80 Å². The highest BCUT2D eigenvalue weighted by atomic mass is 19.4. The van der Waals surface area contributed by atoms with Crippen molar-refractivity contribution in [3.8, 4) is 0 Å². The standard InChI is InChI=1S/C8H9F3N2O3/c9-8(10,11)5(14)13-2-1-7(13)3-12(4-7)6(15)16/h1-4H2,(H,15,16). The van der Waals surface area contributed by atoms with Gasteiger partial charge in [0.2, 0.25) is 0 Å². The Morgan fingerprint density at radius 3 is 2.12 bits per heavy atom. The van der Waals surface area contributed by atoms with Crippen LogP contribution in [0.25, 0.3) is 0 Å². The molecule has 0 radical (unpaired) electrons. The molecular weight excluding hydrogens is 229 g/mol. The highest BCUT2D eigenvalue weighted by molar-refractivity contribution is 5.84. The van der Waals surface area contributed by atoms with Crippen LogP contribution in [-0.4, -0.2) is 58.3 Å². The van der Waals surface area contributed by atoms with Gasteiger partial charge in [-0.1, -0.05) is 0 Å². The van der Waals surface area contributed by atoms with Crippen molar-refractivity contribution >= 4 is 12.0 Å². The van der Waals surface area contributed by atoms with Gasteiger partial charge in [-0.2, -0.15) is 13.2 Å². The molecule has 2 rings (SSSR count). The molecule has 1 spiro atoms. The zero-order valence-corrected chi connectivity index (χ0v) is 8.12. The summed E-state index contributed by atoms with van der Waals surface area (Å²) in [6, 6.07) is 0. The second kappa shape index (κ2) is 3.02. The zero-order valence-electron chi connectivity index (χ0n) is 8.12. The lowest BCUT2D eigenvalue weighted by Gasteiger charge is -2.61. The van der Waals surface area contributed by atoms with E-state index in [1.54, 1.807) is 0 Å². The molecule has 0 saturated carbocycles. The van der Waals surface area contributed by atoms with E-state index in [-0.39, 0.29) is 19.6 Å². The molecule has 0 aromatic heterocycles. The third-order valence-corrected chi connectivity index (χ3v) is 3.10. The van der Waals surface area contributed by atoms with Crippen LogP contribution in [0.2, 0.25) is 0 Å². The van der Waals surface area contributed by atoms with Gasteiger partial charge in [0.1, 0.15) is 0 Å². The molecule has 16 heavy (non-hydrogen) atoms. The first kappa shape index (κ1) is 11.0. The number of carbonyl (C=O) groups is 2. The second-order valence-corrected chi connectivity index (χ2v) is 4.07. The Balaban J connectivity index is 2.01. The van der Waals surface area contributed by atoms with Gasteiger partial charge in [-0.05, 0) is 6.42 Å². The van der Waals surface area contributed by atoms with E-state index in [1.165, 1.54) is 0 Å². The molecule has 2 saturated heterocycles. The van der Waals surface area contributed by atoms with Gasteiger partial charge in [-0.3, -0.25) is 4.79 Å². The van der Waals surface area contributed by atoms with Gasteiger partial charge >= 0.3 is 18.2 Å². The van der Waals surface area contributed by atoms with E-state index in [4.69, 9.17) is 5.11 Å². The van der Waals surface area contributed by atoms with Crippen molar-refractivity contribution in [3.63, 3.8) is 0 Å². The summed E-state index contributed by atoms with van der Waals surface area (Å²) in [5.41, 5.74) is -0.898. The number of likely N-dealkylation sites (tertiary alicyclic amines) is 2. The normalized spacial score (nSPS) is 22.7. The van der Waals surface area contributed by atoms with Crippen molar-refractivity contribution < 1.29 is 27.9 Å². The van der Waals surface area contributed by atoms with Crippen molar-refractivity contribution in [3.05, 3.63) is 0 Å². The number of carboxylic acid groups (broad SMARTS) is 1. The average Bonchev–Trinajstić information content (AvgIpc) is 1.96. The molecule has 2 amide bonds. The summed E-state index contributed by atoms with van der Waals surface area (Å²) in [7, 11) is 0. The molecule has 1 N–H and O–H groups in total. The van der Waals surface area contributed by atoms with Crippen molar-refractivity contribution in [2.24, 2.45) is 0 Å². The predicted octanol–water partition coefficient (Wildman–Crippen LogP) is 0.513. The summed E-state index contributed by atoms with van der Waals surface area (Å²) >= 11 is 0. The van der Waals surface area contributed by atoms with Gasteiger partial charge in [-0.15, -0.1) is 0 Å². The van der Waals surface area contributed by atoms with Crippen molar-refractivity contribution in [2.75, 3.05) is 19.6 Å². The summed E-state index contributed by atoms with van der Waals surface area (Å²) in [4.78, 5) is 23.2. The average molecular weight is 238 g/mol. The Kier molecular flexibility index (Phi) is 2.08. The zero-order chi connectivity index (χ0) is 12.1. The van der Waals surface area contributed by atoms with E-state index in [9.17, 15) is 22.8 Å². The lowest BCUT2D eigenvalue weighted by atomic mass is 9.77. The number of hydrogen-bond acceptors (Lipinski definition) is 2. The molecule has 90 valence electrons. The van der Waals surface area contributed by atoms with Crippen LogP contribution in [0.5, 0.6) is 0 Å². The largest absolute Gasteiger partial charge is 0.471 e. The third-order valence-electron chi connectivity index (χ3n) is 3.10. The number of amides is 2. The first-order valence-corrected chi connectivity index (χ1v) is 4.63. The molecule has 2 fully saturated rings. The molecule has 2 heterocycles.